The fourth-order valence-corrected chi connectivity index (χ4v) is 13.1. The molecule has 0 bridgehead atoms. The first kappa shape index (κ1) is 77.5. The lowest BCUT2D eigenvalue weighted by atomic mass is 9.93. The van der Waals surface area contributed by atoms with E-state index >= 15 is 0 Å². The molecule has 0 aliphatic carbocycles. The molecule has 2 fully saturated rings. The molecule has 2 heterocycles. The van der Waals surface area contributed by atoms with Crippen molar-refractivity contribution in [1.29, 1.82) is 0 Å². The molecule has 0 spiro atoms. The second kappa shape index (κ2) is 36.2. The number of methoxy groups -OCH3 is 1. The Balaban J connectivity index is 0.000000306. The zero-order valence-corrected chi connectivity index (χ0v) is 61.7. The summed E-state index contributed by atoms with van der Waals surface area (Å²) in [7, 11) is -1.01. The molecule has 2 aliphatic heterocycles. The van der Waals surface area contributed by atoms with E-state index in [1.165, 1.54) is 0 Å². The van der Waals surface area contributed by atoms with Crippen LogP contribution in [0.5, 0.6) is 5.75 Å². The molecule has 15 nitrogen and oxygen atoms in total. The minimum absolute atomic E-state index is 0.0778. The third kappa shape index (κ3) is 26.1. The monoisotopic (exact) mass is 1340 g/mol. The number of rotatable bonds is 32. The van der Waals surface area contributed by atoms with Crippen molar-refractivity contribution in [1.82, 2.24) is 0 Å². The van der Waals surface area contributed by atoms with Gasteiger partial charge in [0.1, 0.15) is 30.2 Å². The first-order valence-corrected chi connectivity index (χ1v) is 41.2. The summed E-state index contributed by atoms with van der Waals surface area (Å²) in [5.74, 6) is -2.34. The van der Waals surface area contributed by atoms with Gasteiger partial charge in [-0.15, -0.1) is 0 Å². The predicted molar refractivity (Wildman–Crippen MR) is 380 cm³/mol. The van der Waals surface area contributed by atoms with E-state index in [1.807, 2.05) is 141 Å². The van der Waals surface area contributed by atoms with Crippen molar-refractivity contribution in [2.45, 2.75) is 239 Å². The standard InChI is InChI=1S/C43H58O8Si.C35H50O7Si/c1-30-27-31(2)39(42(45)47-25-26-52(7,8)9)35(28-30)18-14-20-38-40(51-43(4,5)50-38)37(49-41(44)34-16-11-10-12-17-34)19-13-15-32(3)48-29-33-21-23-36(46-6)24-22-33;1-24-22-25(2)31(34(38)39-20-21-43(6,7)8)28(23-24)17-13-19-30-32(42-35(4,5)41-30)29(18-12-14-26(3)36)40-33(37)27-15-10-9-11-16-27/h10-13,16-17,19,21-24,27-28,32,37-38,40H,14-15,18,20,25-26,29H2,1-9H3;9-12,15-16,18,22-23,26,29-30,32,36H,13-14,17,19-21H2,1-8H3/b19-13-;18-12-/t32-,37?,38-,40+;26-,29?,30-,32+/m00/s1. The van der Waals surface area contributed by atoms with Crippen molar-refractivity contribution >= 4 is 40.0 Å². The molecule has 2 saturated heterocycles. The summed E-state index contributed by atoms with van der Waals surface area (Å²) in [6.07, 6.45) is 8.79. The van der Waals surface area contributed by atoms with Gasteiger partial charge in [0.05, 0.1) is 73.6 Å². The second-order valence-corrected chi connectivity index (χ2v) is 40.0. The zero-order chi connectivity index (χ0) is 69.7. The predicted octanol–water partition coefficient (Wildman–Crippen LogP) is 16.6. The zero-order valence-electron chi connectivity index (χ0n) is 59.7. The van der Waals surface area contributed by atoms with Crippen molar-refractivity contribution in [2.75, 3.05) is 20.3 Å². The van der Waals surface area contributed by atoms with Crippen LogP contribution in [0.15, 0.2) is 133 Å². The molecule has 17 heteroatoms. The van der Waals surface area contributed by atoms with Gasteiger partial charge in [-0.2, -0.15) is 0 Å². The maximum atomic E-state index is 13.3. The average Bonchev–Trinajstić information content (AvgIpc) is 1.74. The Morgan fingerprint density at radius 2 is 0.968 bits per heavy atom. The van der Waals surface area contributed by atoms with E-state index in [0.717, 1.165) is 69.6 Å². The number of aliphatic hydroxyl groups is 1. The summed E-state index contributed by atoms with van der Waals surface area (Å²) in [5, 5.41) is 9.79. The van der Waals surface area contributed by atoms with Gasteiger partial charge in [-0.3, -0.25) is 0 Å². The highest BCUT2D eigenvalue weighted by Crippen LogP contribution is 2.37. The molecule has 518 valence electrons. The highest BCUT2D eigenvalue weighted by Gasteiger charge is 2.47. The summed E-state index contributed by atoms with van der Waals surface area (Å²) in [6, 6.07) is 35.7. The van der Waals surface area contributed by atoms with E-state index in [1.54, 1.807) is 56.5 Å². The molecule has 0 radical (unpaired) electrons. The van der Waals surface area contributed by atoms with E-state index in [0.29, 0.717) is 80.6 Å². The van der Waals surface area contributed by atoms with Gasteiger partial charge in [0, 0.05) is 16.1 Å². The molecule has 7 rings (SSSR count). The van der Waals surface area contributed by atoms with Crippen molar-refractivity contribution in [3.05, 3.63) is 195 Å². The maximum absolute atomic E-state index is 13.3. The van der Waals surface area contributed by atoms with E-state index in [4.69, 9.17) is 47.4 Å². The molecule has 0 aromatic heterocycles. The topological polar surface area (TPSA) is 181 Å². The SMILES string of the molecule is COc1ccc(CO[C@@H](C)C/C=C\C(OC(=O)c2ccccc2)[C@H]2OC(C)(C)O[C@H]2CCCc2cc(C)cc(C)c2C(=O)OCC[Si](C)(C)C)cc1.Cc1cc(C)c(C(=O)OCC[Si](C)(C)C)c(CCC[C@@H]2OC(C)(C)O[C@@H]2C(/C=C\C[C@H](C)O)OC(=O)c2ccccc2)c1. The lowest BCUT2D eigenvalue weighted by Crippen LogP contribution is -2.37. The van der Waals surface area contributed by atoms with Gasteiger partial charge in [0.25, 0.3) is 0 Å². The van der Waals surface area contributed by atoms with Crippen LogP contribution in [0.3, 0.4) is 0 Å². The number of hydrogen-bond donors (Lipinski definition) is 1. The molecule has 0 amide bonds. The van der Waals surface area contributed by atoms with Crippen LogP contribution in [-0.2, 0) is 62.1 Å². The molecular weight excluding hydrogens is 1230 g/mol. The Morgan fingerprint density at radius 3 is 1.36 bits per heavy atom. The largest absolute Gasteiger partial charge is 0.497 e. The Kier molecular flexibility index (Phi) is 29.5. The number of carbonyl (C=O) groups excluding carboxylic acids is 4. The van der Waals surface area contributed by atoms with Gasteiger partial charge >= 0.3 is 23.9 Å². The molecule has 0 saturated carbocycles. The number of benzene rings is 5. The van der Waals surface area contributed by atoms with Gasteiger partial charge in [-0.1, -0.05) is 135 Å². The number of aryl methyl sites for hydroxylation is 6. The fraction of sp³-hybridized carbons (Fsp3) is 0.513. The Bertz CT molecular complexity index is 3310. The van der Waals surface area contributed by atoms with Crippen LogP contribution in [0.2, 0.25) is 51.4 Å². The normalized spacial score (nSPS) is 18.9. The maximum Gasteiger partial charge on any atom is 0.338 e. The van der Waals surface area contributed by atoms with Crippen molar-refractivity contribution < 1.29 is 71.7 Å². The van der Waals surface area contributed by atoms with E-state index in [2.05, 4.69) is 51.4 Å². The molecular formula is C78H108O15Si2. The number of ether oxygens (including phenoxy) is 10. The Morgan fingerprint density at radius 1 is 0.558 bits per heavy atom. The van der Waals surface area contributed by atoms with Gasteiger partial charge in [-0.05, 0) is 209 Å². The van der Waals surface area contributed by atoms with Crippen LogP contribution in [0.4, 0.5) is 0 Å². The third-order valence-electron chi connectivity index (χ3n) is 16.5. The van der Waals surface area contributed by atoms with Crippen molar-refractivity contribution in [2.24, 2.45) is 0 Å². The van der Waals surface area contributed by atoms with Gasteiger partial charge in [0.2, 0.25) is 0 Å². The van der Waals surface area contributed by atoms with Gasteiger partial charge in [-0.25, -0.2) is 19.2 Å². The van der Waals surface area contributed by atoms with Crippen LogP contribution in [0.25, 0.3) is 0 Å². The summed E-state index contributed by atoms with van der Waals surface area (Å²) < 4.78 is 60.5. The third-order valence-corrected chi connectivity index (χ3v) is 19.9. The Labute approximate surface area is 568 Å². The highest BCUT2D eigenvalue weighted by molar-refractivity contribution is 6.76. The van der Waals surface area contributed by atoms with E-state index < -0.39 is 70.2 Å². The molecule has 95 heavy (non-hydrogen) atoms. The average molecular weight is 1340 g/mol. The highest BCUT2D eigenvalue weighted by atomic mass is 28.3. The van der Waals surface area contributed by atoms with E-state index in [-0.39, 0.29) is 30.3 Å². The van der Waals surface area contributed by atoms with Crippen LogP contribution < -0.4 is 4.74 Å². The fourth-order valence-electron chi connectivity index (χ4n) is 11.7. The second-order valence-electron chi connectivity index (χ2n) is 28.8. The van der Waals surface area contributed by atoms with Crippen LogP contribution in [-0.4, -0.2) is 126 Å². The smallest absolute Gasteiger partial charge is 0.338 e. The summed E-state index contributed by atoms with van der Waals surface area (Å²) in [4.78, 5) is 52.9. The summed E-state index contributed by atoms with van der Waals surface area (Å²) in [5.41, 5.74) is 9.26. The van der Waals surface area contributed by atoms with E-state index in [9.17, 15) is 24.3 Å². The minimum atomic E-state index is -1.34. The number of esters is 4. The summed E-state index contributed by atoms with van der Waals surface area (Å²) >= 11 is 0. The first-order chi connectivity index (χ1) is 44.8. The van der Waals surface area contributed by atoms with Gasteiger partial charge in [0.15, 0.2) is 11.6 Å². The number of hydrogen-bond acceptors (Lipinski definition) is 15. The Hall–Kier alpha value is -6.55. The molecule has 5 aromatic rings. The van der Waals surface area contributed by atoms with Crippen molar-refractivity contribution in [3.8, 4) is 5.75 Å². The number of aliphatic hydroxyl groups excluding tert-OH is 1. The van der Waals surface area contributed by atoms with Crippen molar-refractivity contribution in [3.63, 3.8) is 0 Å². The molecule has 2 aliphatic rings. The molecule has 1 N–H and O–H groups in total. The molecule has 5 aromatic carbocycles. The van der Waals surface area contributed by atoms with Gasteiger partial charge < -0.3 is 52.5 Å². The lowest BCUT2D eigenvalue weighted by molar-refractivity contribution is -0.153. The van der Waals surface area contributed by atoms with Crippen LogP contribution in [0.1, 0.15) is 160 Å². The molecule has 8 atom stereocenters. The summed E-state index contributed by atoms with van der Waals surface area (Å²) in [6.45, 7) is 34.2. The first-order valence-electron chi connectivity index (χ1n) is 33.8. The van der Waals surface area contributed by atoms with Crippen LogP contribution >= 0.6 is 0 Å². The minimum Gasteiger partial charge on any atom is -0.497 e. The lowest BCUT2D eigenvalue weighted by Gasteiger charge is -2.25. The molecule has 2 unspecified atom stereocenters. The van der Waals surface area contributed by atoms with Crippen LogP contribution in [0, 0.1) is 27.7 Å². The quantitative estimate of drug-likeness (QED) is 0.0186. The number of carbonyl (C=O) groups is 4.